The maximum absolute atomic E-state index is 13.1. The number of nitrogens with one attached hydrogen (secondary N) is 1. The average Bonchev–Trinajstić information content (AvgIpc) is 3.15. The van der Waals surface area contributed by atoms with E-state index in [4.69, 9.17) is 10.00 Å². The monoisotopic (exact) mass is 494 g/mol. The van der Waals surface area contributed by atoms with Crippen LogP contribution in [0.25, 0.3) is 0 Å². The summed E-state index contributed by atoms with van der Waals surface area (Å²) in [6, 6.07) is 7.99. The molecule has 1 fully saturated rings. The van der Waals surface area contributed by atoms with Gasteiger partial charge in [0.05, 0.1) is 39.3 Å². The lowest BCUT2D eigenvalue weighted by Gasteiger charge is -2.30. The number of methoxy groups -OCH3 is 1. The number of amides is 1. The highest BCUT2D eigenvalue weighted by molar-refractivity contribution is 8.01. The van der Waals surface area contributed by atoms with Crippen LogP contribution >= 0.6 is 23.1 Å². The van der Waals surface area contributed by atoms with Crippen molar-refractivity contribution in [2.24, 2.45) is 5.92 Å². The largest absolute Gasteiger partial charge is 0.465 e. The third-order valence-corrected chi connectivity index (χ3v) is 9.25. The first-order valence-corrected chi connectivity index (χ1v) is 13.0. The molecule has 32 heavy (non-hydrogen) atoms. The van der Waals surface area contributed by atoms with Crippen LogP contribution in [-0.4, -0.2) is 55.5 Å². The molecule has 170 valence electrons. The Morgan fingerprint density at radius 2 is 2.03 bits per heavy atom. The van der Waals surface area contributed by atoms with E-state index in [2.05, 4.69) is 16.4 Å². The summed E-state index contributed by atoms with van der Waals surface area (Å²) in [7, 11) is -2.71. The van der Waals surface area contributed by atoms with E-state index in [0.717, 1.165) is 9.90 Å². The molecule has 0 unspecified atom stereocenters. The summed E-state index contributed by atoms with van der Waals surface area (Å²) in [5.41, 5.74) is 0.745. The van der Waals surface area contributed by atoms with Crippen molar-refractivity contribution >= 4 is 50.1 Å². The van der Waals surface area contributed by atoms with E-state index in [1.165, 1.54) is 46.6 Å². The van der Waals surface area contributed by atoms with Crippen molar-refractivity contribution in [2.75, 3.05) is 31.3 Å². The van der Waals surface area contributed by atoms with Gasteiger partial charge >= 0.3 is 5.97 Å². The van der Waals surface area contributed by atoms with Gasteiger partial charge in [-0.1, -0.05) is 35.2 Å². The number of nitriles is 1. The maximum Gasteiger partial charge on any atom is 0.339 e. The van der Waals surface area contributed by atoms with Crippen molar-refractivity contribution in [1.82, 2.24) is 9.29 Å². The number of nitrogens with zero attached hydrogens (tertiary/aromatic N) is 3. The molecule has 12 heteroatoms. The highest BCUT2D eigenvalue weighted by Crippen LogP contribution is 2.33. The molecule has 1 aliphatic rings. The van der Waals surface area contributed by atoms with Crippen LogP contribution < -0.4 is 5.32 Å². The summed E-state index contributed by atoms with van der Waals surface area (Å²) in [5.74, 6) is -0.966. The van der Waals surface area contributed by atoms with Crippen LogP contribution in [0.1, 0.15) is 28.9 Å². The molecule has 0 atom stereocenters. The van der Waals surface area contributed by atoms with E-state index in [1.54, 1.807) is 12.1 Å². The molecule has 1 aromatic heterocycles. The number of thioether (sulfide) groups is 1. The molecule has 2 aromatic rings. The third-order valence-electron chi connectivity index (χ3n) is 4.99. The summed E-state index contributed by atoms with van der Waals surface area (Å²) in [4.78, 5) is 28.9. The fourth-order valence-electron chi connectivity index (χ4n) is 3.34. The normalized spacial score (nSPS) is 15.2. The summed E-state index contributed by atoms with van der Waals surface area (Å²) < 4.78 is 33.1. The molecular weight excluding hydrogens is 472 g/mol. The van der Waals surface area contributed by atoms with Gasteiger partial charge in [-0.15, -0.1) is 0 Å². The summed E-state index contributed by atoms with van der Waals surface area (Å²) in [5, 5.41) is 12.0. The van der Waals surface area contributed by atoms with Crippen molar-refractivity contribution in [3.63, 3.8) is 0 Å². The molecule has 0 spiro atoms. The molecule has 0 bridgehead atoms. The number of hydrogen-bond acceptors (Lipinski definition) is 9. The standard InChI is InChI=1S/C20H22N4O5S3/c1-13-19(30-12-9-21)31-20(22-13)23-17(25)14-7-10-24(11-8-14)32(27,28)16-6-4-3-5-15(16)18(26)29-2/h3-6,14H,7-8,10-12H2,1-2H3,(H,22,23,25). The lowest BCUT2D eigenvalue weighted by atomic mass is 9.97. The predicted molar refractivity (Wildman–Crippen MR) is 121 cm³/mol. The van der Waals surface area contributed by atoms with Gasteiger partial charge in [-0.05, 0) is 31.9 Å². The quantitative estimate of drug-likeness (QED) is 0.459. The number of anilines is 1. The van der Waals surface area contributed by atoms with Crippen molar-refractivity contribution < 1.29 is 22.7 Å². The first kappa shape index (κ1) is 24.2. The minimum absolute atomic E-state index is 0.0147. The molecule has 0 aliphatic carbocycles. The lowest BCUT2D eigenvalue weighted by molar-refractivity contribution is -0.120. The molecule has 2 heterocycles. The van der Waals surface area contributed by atoms with E-state index in [9.17, 15) is 18.0 Å². The number of thiazole rings is 1. The molecule has 3 rings (SSSR count). The van der Waals surface area contributed by atoms with E-state index in [1.807, 2.05) is 6.92 Å². The zero-order chi connectivity index (χ0) is 23.3. The van der Waals surface area contributed by atoms with E-state index in [0.29, 0.717) is 23.7 Å². The summed E-state index contributed by atoms with van der Waals surface area (Å²) in [6.45, 7) is 2.15. The number of esters is 1. The van der Waals surface area contributed by atoms with Crippen molar-refractivity contribution in [3.05, 3.63) is 35.5 Å². The fourth-order valence-corrected chi connectivity index (χ4v) is 6.79. The SMILES string of the molecule is COC(=O)c1ccccc1S(=O)(=O)N1CCC(C(=O)Nc2nc(C)c(SCC#N)s2)CC1. The van der Waals surface area contributed by atoms with Gasteiger partial charge in [-0.25, -0.2) is 18.2 Å². The van der Waals surface area contributed by atoms with Crippen LogP contribution in [0.2, 0.25) is 0 Å². The van der Waals surface area contributed by atoms with Crippen LogP contribution in [0.3, 0.4) is 0 Å². The van der Waals surface area contributed by atoms with Crippen LogP contribution in [-0.2, 0) is 19.6 Å². The van der Waals surface area contributed by atoms with Crippen LogP contribution in [0.15, 0.2) is 33.4 Å². The Kier molecular flexibility index (Phi) is 7.89. The Bertz CT molecular complexity index is 1150. The zero-order valence-electron chi connectivity index (χ0n) is 17.5. The molecule has 0 radical (unpaired) electrons. The Balaban J connectivity index is 1.64. The van der Waals surface area contributed by atoms with Gasteiger partial charge in [0.15, 0.2) is 5.13 Å². The van der Waals surface area contributed by atoms with Crippen molar-refractivity contribution in [2.45, 2.75) is 28.9 Å². The Labute approximate surface area is 194 Å². The number of aryl methyl sites for hydroxylation is 1. The van der Waals surface area contributed by atoms with Crippen molar-refractivity contribution in [1.29, 1.82) is 5.26 Å². The van der Waals surface area contributed by atoms with Gasteiger partial charge in [0.25, 0.3) is 0 Å². The second kappa shape index (κ2) is 10.4. The lowest BCUT2D eigenvalue weighted by Crippen LogP contribution is -2.41. The van der Waals surface area contributed by atoms with Gasteiger partial charge in [0, 0.05) is 19.0 Å². The summed E-state index contributed by atoms with van der Waals surface area (Å²) in [6.07, 6.45) is 0.706. The number of benzene rings is 1. The maximum atomic E-state index is 13.1. The molecule has 1 amide bonds. The Morgan fingerprint density at radius 3 is 2.69 bits per heavy atom. The second-order valence-electron chi connectivity index (χ2n) is 6.99. The number of ether oxygens (including phenoxy) is 1. The Hall–Kier alpha value is -2.46. The van der Waals surface area contributed by atoms with Gasteiger partial charge < -0.3 is 10.1 Å². The minimum atomic E-state index is -3.91. The number of sulfonamides is 1. The van der Waals surface area contributed by atoms with Gasteiger partial charge in [-0.3, -0.25) is 4.79 Å². The predicted octanol–water partition coefficient (Wildman–Crippen LogP) is 2.89. The molecule has 9 nitrogen and oxygen atoms in total. The highest BCUT2D eigenvalue weighted by Gasteiger charge is 2.34. The fraction of sp³-hybridized carbons (Fsp3) is 0.400. The number of hydrogen-bond donors (Lipinski definition) is 1. The first-order valence-electron chi connectivity index (χ1n) is 9.73. The number of rotatable bonds is 7. The number of carbonyl (C=O) groups excluding carboxylic acids is 2. The second-order valence-corrected chi connectivity index (χ2v) is 11.1. The number of aromatic nitrogens is 1. The van der Waals surface area contributed by atoms with Gasteiger partial charge in [0.2, 0.25) is 15.9 Å². The van der Waals surface area contributed by atoms with Crippen LogP contribution in [0.5, 0.6) is 0 Å². The zero-order valence-corrected chi connectivity index (χ0v) is 20.0. The highest BCUT2D eigenvalue weighted by atomic mass is 32.2. The molecular formula is C20H22N4O5S3. The summed E-state index contributed by atoms with van der Waals surface area (Å²) >= 11 is 2.69. The topological polar surface area (TPSA) is 129 Å². The van der Waals surface area contributed by atoms with Gasteiger partial charge in [-0.2, -0.15) is 9.57 Å². The molecule has 1 aromatic carbocycles. The van der Waals surface area contributed by atoms with Crippen LogP contribution in [0.4, 0.5) is 5.13 Å². The molecule has 1 aliphatic heterocycles. The third kappa shape index (κ3) is 5.29. The Morgan fingerprint density at radius 1 is 1.34 bits per heavy atom. The van der Waals surface area contributed by atoms with Gasteiger partial charge in [0.1, 0.15) is 0 Å². The van der Waals surface area contributed by atoms with E-state index >= 15 is 0 Å². The number of carbonyl (C=O) groups is 2. The minimum Gasteiger partial charge on any atom is -0.465 e. The molecule has 1 N–H and O–H groups in total. The molecule has 1 saturated heterocycles. The number of piperidine rings is 1. The molecule has 0 saturated carbocycles. The van der Waals surface area contributed by atoms with Crippen molar-refractivity contribution in [3.8, 4) is 6.07 Å². The average molecular weight is 495 g/mol. The smallest absolute Gasteiger partial charge is 0.339 e. The van der Waals surface area contributed by atoms with E-state index < -0.39 is 16.0 Å². The first-order chi connectivity index (χ1) is 15.3. The van der Waals surface area contributed by atoms with E-state index in [-0.39, 0.29) is 35.4 Å². The van der Waals surface area contributed by atoms with Crippen LogP contribution in [0, 0.1) is 24.2 Å².